The van der Waals surface area contributed by atoms with Crippen LogP contribution in [0, 0.1) is 62.1 Å². The van der Waals surface area contributed by atoms with E-state index in [1.807, 2.05) is 14.1 Å². The molecule has 5 aliphatic rings. The van der Waals surface area contributed by atoms with Crippen LogP contribution in [0.5, 0.6) is 0 Å². The summed E-state index contributed by atoms with van der Waals surface area (Å²) in [5.41, 5.74) is 2.76. The molecule has 5 saturated carbocycles. The predicted octanol–water partition coefficient (Wildman–Crippen LogP) is 9.83. The van der Waals surface area contributed by atoms with E-state index in [9.17, 15) is 19.5 Å². The van der Waals surface area contributed by atoms with E-state index in [-0.39, 0.29) is 45.5 Å². The van der Waals surface area contributed by atoms with Crippen molar-refractivity contribution in [3.8, 4) is 0 Å². The normalized spacial score (nSPS) is 38.7. The Morgan fingerprint density at radius 3 is 2.19 bits per heavy atom. The number of anilines is 1. The minimum Gasteiger partial charge on any atom is -0.481 e. The zero-order valence-electron chi connectivity index (χ0n) is 34.7. The molecule has 5 fully saturated rings. The van der Waals surface area contributed by atoms with Gasteiger partial charge < -0.3 is 20.1 Å². The van der Waals surface area contributed by atoms with Crippen LogP contribution in [0.2, 0.25) is 0 Å². The third kappa shape index (κ3) is 6.56. The monoisotopic (exact) mass is 731 g/mol. The minimum atomic E-state index is -1.15. The highest BCUT2D eigenvalue weighted by Gasteiger charge is 2.71. The highest BCUT2D eigenvalue weighted by atomic mass is 16.5. The van der Waals surface area contributed by atoms with Crippen molar-refractivity contribution in [2.24, 2.45) is 62.1 Å². The van der Waals surface area contributed by atoms with Gasteiger partial charge in [0.25, 0.3) is 0 Å². The molecular formula is C46H70N2O5. The van der Waals surface area contributed by atoms with E-state index >= 15 is 0 Å². The van der Waals surface area contributed by atoms with Crippen molar-refractivity contribution in [2.75, 3.05) is 19.0 Å². The number of aliphatic carboxylic acids is 1. The third-order valence-corrected chi connectivity index (χ3v) is 17.1. The fraction of sp³-hybridized carbons (Fsp3) is 0.761. The van der Waals surface area contributed by atoms with Gasteiger partial charge in [-0.25, -0.2) is 0 Å². The quantitative estimate of drug-likeness (QED) is 0.184. The number of hydrogen-bond donors (Lipinski definition) is 2. The SMILES string of the molecule is C=C(C)[C@@H]1CC[C@]2(CC(=O)NCc3ccc(N(C)C)cc3)CC[C@]3(C)[C@H](CC[C@@H]4[C@@]5(C)CC[C@H](OC(=O)CC(C)(C)C(=O)O)C(C)(C)[C@@H]5CC[C@]43C)[C@@H]12. The fourth-order valence-electron chi connectivity index (χ4n) is 13.9. The first-order valence-electron chi connectivity index (χ1n) is 20.7. The molecule has 0 unspecified atom stereocenters. The lowest BCUT2D eigenvalue weighted by molar-refractivity contribution is -0.250. The summed E-state index contributed by atoms with van der Waals surface area (Å²) in [7, 11) is 4.09. The fourth-order valence-corrected chi connectivity index (χ4v) is 13.9. The van der Waals surface area contributed by atoms with Crippen LogP contribution in [-0.4, -0.2) is 43.2 Å². The Morgan fingerprint density at radius 2 is 1.57 bits per heavy atom. The van der Waals surface area contributed by atoms with Crippen LogP contribution in [0.4, 0.5) is 5.69 Å². The zero-order valence-corrected chi connectivity index (χ0v) is 34.7. The molecule has 1 aromatic carbocycles. The molecule has 0 spiro atoms. The zero-order chi connectivity index (χ0) is 38.9. The van der Waals surface area contributed by atoms with Crippen LogP contribution in [0.3, 0.4) is 0 Å². The van der Waals surface area contributed by atoms with Gasteiger partial charge in [0.2, 0.25) is 5.91 Å². The molecule has 0 aliphatic heterocycles. The van der Waals surface area contributed by atoms with Crippen LogP contribution in [0.1, 0.15) is 138 Å². The van der Waals surface area contributed by atoms with Crippen LogP contribution in [0.15, 0.2) is 36.4 Å². The Kier molecular flexibility index (Phi) is 10.3. The highest BCUT2D eigenvalue weighted by molar-refractivity contribution is 5.81. The number of allylic oxidation sites excluding steroid dienone is 1. The Balaban J connectivity index is 1.20. The van der Waals surface area contributed by atoms with Crippen molar-refractivity contribution >= 4 is 23.5 Å². The van der Waals surface area contributed by atoms with Crippen molar-refractivity contribution < 1.29 is 24.2 Å². The van der Waals surface area contributed by atoms with E-state index in [1.54, 1.807) is 13.8 Å². The standard InChI is InChI=1S/C46H70N2O5/c1-29(2)32-18-23-46(26-37(49)47-28-30-12-14-31(15-13-30)48(10)11)25-24-44(8)33(39(32)46)16-17-35-43(7)21-20-36(53-38(50)27-41(3,4)40(51)52)42(5,6)34(43)19-22-45(35,44)9/h12-15,32-36,39H,1,16-28H2,2-11H3,(H,47,49)(H,51,52)/t32-,33+,34-,35+,36-,39+,43-,44+,45+,46+/m0/s1. The minimum absolute atomic E-state index is 0.0239. The summed E-state index contributed by atoms with van der Waals surface area (Å²) in [5, 5.41) is 12.9. The van der Waals surface area contributed by atoms with Crippen molar-refractivity contribution in [3.63, 3.8) is 0 Å². The summed E-state index contributed by atoms with van der Waals surface area (Å²) < 4.78 is 6.19. The van der Waals surface area contributed by atoms with Gasteiger partial charge in [-0.05, 0) is 154 Å². The highest BCUT2D eigenvalue weighted by Crippen LogP contribution is 2.78. The molecule has 1 aromatic rings. The number of carbonyl (C=O) groups is 3. The number of hydrogen-bond acceptors (Lipinski definition) is 5. The Labute approximate surface area is 320 Å². The lowest BCUT2D eigenvalue weighted by Gasteiger charge is -2.73. The maximum atomic E-state index is 13.9. The molecule has 53 heavy (non-hydrogen) atoms. The summed E-state index contributed by atoms with van der Waals surface area (Å²) in [6.07, 6.45) is 11.4. The molecule has 1 amide bonds. The second-order valence-corrected chi connectivity index (χ2v) is 20.8. The van der Waals surface area contributed by atoms with Crippen molar-refractivity contribution in [3.05, 3.63) is 42.0 Å². The van der Waals surface area contributed by atoms with Gasteiger partial charge >= 0.3 is 11.9 Å². The topological polar surface area (TPSA) is 95.9 Å². The molecule has 6 rings (SSSR count). The number of nitrogens with zero attached hydrogens (tertiary/aromatic N) is 1. The lowest BCUT2D eigenvalue weighted by atomic mass is 9.32. The maximum absolute atomic E-state index is 13.9. The number of carboxylic acid groups (broad SMARTS) is 1. The number of ether oxygens (including phenoxy) is 1. The average molecular weight is 731 g/mol. The smallest absolute Gasteiger partial charge is 0.309 e. The van der Waals surface area contributed by atoms with Crippen LogP contribution >= 0.6 is 0 Å². The van der Waals surface area contributed by atoms with Gasteiger partial charge in [-0.2, -0.15) is 0 Å². The molecule has 0 radical (unpaired) electrons. The lowest BCUT2D eigenvalue weighted by Crippen LogP contribution is -2.67. The summed E-state index contributed by atoms with van der Waals surface area (Å²) in [6, 6.07) is 8.47. The summed E-state index contributed by atoms with van der Waals surface area (Å²) >= 11 is 0. The number of carbonyl (C=O) groups excluding carboxylic acids is 2. The van der Waals surface area contributed by atoms with Gasteiger partial charge in [0.15, 0.2) is 0 Å². The molecule has 0 heterocycles. The van der Waals surface area contributed by atoms with E-state index in [0.717, 1.165) is 49.8 Å². The summed E-state index contributed by atoms with van der Waals surface area (Å²) in [6.45, 7) is 23.0. The number of esters is 1. The molecule has 0 saturated heterocycles. The maximum Gasteiger partial charge on any atom is 0.309 e. The Bertz CT molecular complexity index is 1600. The average Bonchev–Trinajstić information content (AvgIpc) is 3.45. The van der Waals surface area contributed by atoms with Crippen LogP contribution in [-0.2, 0) is 25.7 Å². The molecule has 2 N–H and O–H groups in total. The van der Waals surface area contributed by atoms with E-state index < -0.39 is 17.4 Å². The van der Waals surface area contributed by atoms with Crippen LogP contribution < -0.4 is 10.2 Å². The molecule has 5 aliphatic carbocycles. The molecule has 7 heteroatoms. The Hall–Kier alpha value is -2.83. The van der Waals surface area contributed by atoms with Gasteiger partial charge in [-0.3, -0.25) is 14.4 Å². The molecule has 0 aromatic heterocycles. The van der Waals surface area contributed by atoms with Gasteiger partial charge in [-0.15, -0.1) is 0 Å². The summed E-state index contributed by atoms with van der Waals surface area (Å²) in [5.74, 6) is 1.34. The first kappa shape index (κ1) is 39.9. The first-order valence-corrected chi connectivity index (χ1v) is 20.7. The van der Waals surface area contributed by atoms with E-state index in [2.05, 4.69) is 82.6 Å². The molecule has 7 nitrogen and oxygen atoms in total. The number of carboxylic acids is 1. The molecular weight excluding hydrogens is 661 g/mol. The van der Waals surface area contributed by atoms with E-state index in [1.165, 1.54) is 31.3 Å². The summed E-state index contributed by atoms with van der Waals surface area (Å²) in [4.78, 5) is 40.8. The van der Waals surface area contributed by atoms with E-state index in [4.69, 9.17) is 4.74 Å². The molecule has 0 bridgehead atoms. The predicted molar refractivity (Wildman–Crippen MR) is 212 cm³/mol. The van der Waals surface area contributed by atoms with E-state index in [0.29, 0.717) is 42.6 Å². The number of benzene rings is 1. The van der Waals surface area contributed by atoms with Crippen molar-refractivity contribution in [2.45, 2.75) is 145 Å². The second kappa shape index (κ2) is 13.7. The molecule has 10 atom stereocenters. The third-order valence-electron chi connectivity index (χ3n) is 17.1. The van der Waals surface area contributed by atoms with Crippen molar-refractivity contribution in [1.82, 2.24) is 5.32 Å². The Morgan fingerprint density at radius 1 is 0.887 bits per heavy atom. The largest absolute Gasteiger partial charge is 0.481 e. The van der Waals surface area contributed by atoms with Crippen molar-refractivity contribution in [1.29, 1.82) is 0 Å². The second-order valence-electron chi connectivity index (χ2n) is 20.8. The van der Waals surface area contributed by atoms with Gasteiger partial charge in [-0.1, -0.05) is 58.9 Å². The van der Waals surface area contributed by atoms with Gasteiger partial charge in [0.1, 0.15) is 6.10 Å². The first-order chi connectivity index (χ1) is 24.6. The van der Waals surface area contributed by atoms with Gasteiger partial charge in [0.05, 0.1) is 11.8 Å². The number of nitrogens with one attached hydrogen (secondary N) is 1. The number of fused-ring (bicyclic) bond motifs is 7. The molecule has 294 valence electrons. The van der Waals surface area contributed by atoms with Gasteiger partial charge in [0, 0.05) is 38.2 Å². The van der Waals surface area contributed by atoms with Crippen LogP contribution in [0.25, 0.3) is 0 Å². The number of rotatable bonds is 10. The number of amides is 1.